The molecule has 0 fully saturated rings. The van der Waals surface area contributed by atoms with E-state index in [2.05, 4.69) is 72.2 Å². The first-order valence-electron chi connectivity index (χ1n) is 7.74. The Morgan fingerprint density at radius 3 is 2.43 bits per heavy atom. The Kier molecular flexibility index (Phi) is 11.7. The minimum atomic E-state index is -0.0353. The maximum atomic E-state index is 4.26. The molecule has 1 atom stereocenters. The van der Waals surface area contributed by atoms with Crippen molar-refractivity contribution >= 4 is 41.7 Å². The highest BCUT2D eigenvalue weighted by Crippen LogP contribution is 2.15. The number of rotatable bonds is 8. The summed E-state index contributed by atoms with van der Waals surface area (Å²) in [7, 11) is 1.81. The van der Waals surface area contributed by atoms with Crippen LogP contribution in [0.4, 0.5) is 0 Å². The minimum absolute atomic E-state index is 0. The third kappa shape index (κ3) is 9.42. The van der Waals surface area contributed by atoms with Crippen LogP contribution in [-0.2, 0) is 0 Å². The fourth-order valence-corrected chi connectivity index (χ4v) is 2.57. The summed E-state index contributed by atoms with van der Waals surface area (Å²) >= 11 is 1.83. The highest BCUT2D eigenvalue weighted by molar-refractivity contribution is 14.0. The molecule has 0 saturated heterocycles. The summed E-state index contributed by atoms with van der Waals surface area (Å²) < 4.78 is 0. The lowest BCUT2D eigenvalue weighted by molar-refractivity contribution is 0.345. The molecule has 0 aliphatic carbocycles. The fourth-order valence-electron chi connectivity index (χ4n) is 2.26. The van der Waals surface area contributed by atoms with Crippen LogP contribution >= 0.6 is 35.7 Å². The molecule has 0 heterocycles. The van der Waals surface area contributed by atoms with E-state index < -0.39 is 0 Å². The van der Waals surface area contributed by atoms with Crippen molar-refractivity contribution in [2.75, 3.05) is 32.1 Å². The molecule has 0 aliphatic heterocycles. The Morgan fingerprint density at radius 1 is 1.22 bits per heavy atom. The predicted octanol–water partition coefficient (Wildman–Crippen LogP) is 3.26. The lowest BCUT2D eigenvalue weighted by Crippen LogP contribution is -2.52. The van der Waals surface area contributed by atoms with E-state index >= 15 is 0 Å². The molecule has 0 aliphatic rings. The number of guanidine groups is 1. The van der Waals surface area contributed by atoms with Crippen LogP contribution in [0.2, 0.25) is 0 Å². The fraction of sp³-hybridized carbons (Fsp3) is 0.588. The van der Waals surface area contributed by atoms with Gasteiger partial charge in [-0.15, -0.1) is 24.0 Å². The molecule has 23 heavy (non-hydrogen) atoms. The molecule has 0 saturated carbocycles. The molecule has 1 aromatic carbocycles. The first-order valence-corrected chi connectivity index (χ1v) is 9.14. The number of benzene rings is 1. The molecule has 0 amide bonds. The highest BCUT2D eigenvalue weighted by atomic mass is 127. The van der Waals surface area contributed by atoms with Gasteiger partial charge in [0.05, 0.1) is 0 Å². The second-order valence-electron chi connectivity index (χ2n) is 6.01. The van der Waals surface area contributed by atoms with Crippen molar-refractivity contribution < 1.29 is 0 Å². The van der Waals surface area contributed by atoms with Crippen LogP contribution < -0.4 is 16.0 Å². The standard InChI is InChI=1S/C17H30N4S.HI/c1-14(15-9-7-6-8-10-15)21-17(2,3)13-20-16(18-4)19-11-12-22-5;/h6-10,14,21H,11-13H2,1-5H3,(H2,18,19,20);1H. The maximum Gasteiger partial charge on any atom is 0.191 e. The molecule has 0 bridgehead atoms. The smallest absolute Gasteiger partial charge is 0.191 e. The van der Waals surface area contributed by atoms with Gasteiger partial charge in [-0.3, -0.25) is 4.99 Å². The number of aliphatic imine (C=N–C) groups is 1. The van der Waals surface area contributed by atoms with Crippen molar-refractivity contribution in [2.24, 2.45) is 4.99 Å². The lowest BCUT2D eigenvalue weighted by Gasteiger charge is -2.31. The van der Waals surface area contributed by atoms with Crippen LogP contribution in [0.5, 0.6) is 0 Å². The van der Waals surface area contributed by atoms with Crippen LogP contribution in [0.25, 0.3) is 0 Å². The zero-order valence-electron chi connectivity index (χ0n) is 14.8. The van der Waals surface area contributed by atoms with E-state index in [9.17, 15) is 0 Å². The van der Waals surface area contributed by atoms with Crippen molar-refractivity contribution in [3.63, 3.8) is 0 Å². The first-order chi connectivity index (χ1) is 10.5. The van der Waals surface area contributed by atoms with Crippen LogP contribution in [0, 0.1) is 0 Å². The molecule has 0 radical (unpaired) electrons. The normalized spacial score (nSPS) is 13.2. The summed E-state index contributed by atoms with van der Waals surface area (Å²) in [6.45, 7) is 8.34. The molecule has 1 aromatic rings. The Bertz CT molecular complexity index is 451. The molecule has 1 unspecified atom stereocenters. The zero-order chi connectivity index (χ0) is 16.4. The van der Waals surface area contributed by atoms with Gasteiger partial charge in [0.25, 0.3) is 0 Å². The average molecular weight is 450 g/mol. The number of thioether (sulfide) groups is 1. The van der Waals surface area contributed by atoms with Gasteiger partial charge in [0.2, 0.25) is 0 Å². The monoisotopic (exact) mass is 450 g/mol. The third-order valence-electron chi connectivity index (χ3n) is 3.43. The van der Waals surface area contributed by atoms with Crippen molar-refractivity contribution in [1.82, 2.24) is 16.0 Å². The van der Waals surface area contributed by atoms with E-state index in [0.29, 0.717) is 6.04 Å². The number of hydrogen-bond acceptors (Lipinski definition) is 3. The van der Waals surface area contributed by atoms with Crippen molar-refractivity contribution in [1.29, 1.82) is 0 Å². The third-order valence-corrected chi connectivity index (χ3v) is 4.04. The minimum Gasteiger partial charge on any atom is -0.356 e. The van der Waals surface area contributed by atoms with Crippen LogP contribution in [0.3, 0.4) is 0 Å². The molecule has 0 aromatic heterocycles. The Balaban J connectivity index is 0.00000484. The van der Waals surface area contributed by atoms with Crippen LogP contribution in [-0.4, -0.2) is 43.6 Å². The lowest BCUT2D eigenvalue weighted by atomic mass is 10.0. The van der Waals surface area contributed by atoms with Crippen LogP contribution in [0.15, 0.2) is 35.3 Å². The molecule has 1 rings (SSSR count). The molecular formula is C17H31IN4S. The Labute approximate surface area is 162 Å². The second kappa shape index (κ2) is 12.0. The summed E-state index contributed by atoms with van der Waals surface area (Å²) in [6, 6.07) is 10.8. The second-order valence-corrected chi connectivity index (χ2v) is 6.99. The van der Waals surface area contributed by atoms with E-state index in [1.807, 2.05) is 17.8 Å². The van der Waals surface area contributed by atoms with Gasteiger partial charge in [0.1, 0.15) is 0 Å². The van der Waals surface area contributed by atoms with Gasteiger partial charge in [-0.1, -0.05) is 30.3 Å². The summed E-state index contributed by atoms with van der Waals surface area (Å²) in [5, 5.41) is 10.4. The summed E-state index contributed by atoms with van der Waals surface area (Å²) in [5.74, 6) is 1.93. The van der Waals surface area contributed by atoms with Gasteiger partial charge in [-0.05, 0) is 32.6 Å². The summed E-state index contributed by atoms with van der Waals surface area (Å²) in [5.41, 5.74) is 1.27. The molecular weight excluding hydrogens is 419 g/mol. The largest absolute Gasteiger partial charge is 0.356 e. The van der Waals surface area contributed by atoms with Gasteiger partial charge in [0.15, 0.2) is 5.96 Å². The molecule has 0 spiro atoms. The number of nitrogens with one attached hydrogen (secondary N) is 3. The zero-order valence-corrected chi connectivity index (χ0v) is 18.0. The van der Waals surface area contributed by atoms with Crippen molar-refractivity contribution in [3.05, 3.63) is 35.9 Å². The number of hydrogen-bond donors (Lipinski definition) is 3. The summed E-state index contributed by atoms with van der Waals surface area (Å²) in [4.78, 5) is 4.26. The van der Waals surface area contributed by atoms with E-state index in [1.54, 1.807) is 7.05 Å². The number of nitrogens with zero attached hydrogens (tertiary/aromatic N) is 1. The Morgan fingerprint density at radius 2 is 1.87 bits per heavy atom. The van der Waals surface area contributed by atoms with E-state index in [0.717, 1.165) is 24.8 Å². The highest BCUT2D eigenvalue weighted by Gasteiger charge is 2.21. The first kappa shape index (κ1) is 22.5. The molecule has 3 N–H and O–H groups in total. The average Bonchev–Trinajstić information content (AvgIpc) is 2.51. The number of halogens is 1. The van der Waals surface area contributed by atoms with Gasteiger partial charge >= 0.3 is 0 Å². The molecule has 6 heteroatoms. The topological polar surface area (TPSA) is 48.5 Å². The molecule has 4 nitrogen and oxygen atoms in total. The van der Waals surface area contributed by atoms with Crippen LogP contribution in [0.1, 0.15) is 32.4 Å². The van der Waals surface area contributed by atoms with Crippen molar-refractivity contribution in [3.8, 4) is 0 Å². The SMILES string of the molecule is CN=C(NCCSC)NCC(C)(C)NC(C)c1ccccc1.I. The van der Waals surface area contributed by atoms with Gasteiger partial charge in [-0.2, -0.15) is 11.8 Å². The van der Waals surface area contributed by atoms with Crippen molar-refractivity contribution in [2.45, 2.75) is 32.4 Å². The van der Waals surface area contributed by atoms with Gasteiger partial charge < -0.3 is 16.0 Å². The summed E-state index contributed by atoms with van der Waals surface area (Å²) in [6.07, 6.45) is 2.11. The van der Waals surface area contributed by atoms with Gasteiger partial charge in [0, 0.05) is 37.5 Å². The van der Waals surface area contributed by atoms with E-state index in [1.165, 1.54) is 5.56 Å². The molecule has 132 valence electrons. The van der Waals surface area contributed by atoms with E-state index in [-0.39, 0.29) is 29.5 Å². The van der Waals surface area contributed by atoms with Gasteiger partial charge in [-0.25, -0.2) is 0 Å². The maximum absolute atomic E-state index is 4.26. The predicted molar refractivity (Wildman–Crippen MR) is 115 cm³/mol. The van der Waals surface area contributed by atoms with E-state index in [4.69, 9.17) is 0 Å². The quantitative estimate of drug-likeness (QED) is 0.246. The Hall–Kier alpha value is -0.470.